The zero-order valence-electron chi connectivity index (χ0n) is 14.9. The van der Waals surface area contributed by atoms with E-state index < -0.39 is 0 Å². The minimum atomic E-state index is -0.0398. The summed E-state index contributed by atoms with van der Waals surface area (Å²) in [7, 11) is 0. The van der Waals surface area contributed by atoms with Gasteiger partial charge in [-0.1, -0.05) is 35.5 Å². The molecule has 1 aliphatic heterocycles. The van der Waals surface area contributed by atoms with Gasteiger partial charge in [-0.2, -0.15) is 16.3 Å². The Balaban J connectivity index is 1.15. The third-order valence-electron chi connectivity index (χ3n) is 4.89. The first-order chi connectivity index (χ1) is 13.8. The van der Waals surface area contributed by atoms with Crippen LogP contribution in [0.15, 0.2) is 63.8 Å². The molecule has 0 N–H and O–H groups in total. The maximum atomic E-state index is 12.4. The van der Waals surface area contributed by atoms with Gasteiger partial charge in [0.1, 0.15) is 5.75 Å². The molecule has 1 saturated heterocycles. The fourth-order valence-corrected chi connectivity index (χ4v) is 3.88. The van der Waals surface area contributed by atoms with Crippen molar-refractivity contribution in [3.05, 3.63) is 65.2 Å². The fourth-order valence-electron chi connectivity index (χ4n) is 3.24. The second-order valence-corrected chi connectivity index (χ2v) is 7.54. The van der Waals surface area contributed by atoms with Gasteiger partial charge < -0.3 is 14.2 Å². The summed E-state index contributed by atoms with van der Waals surface area (Å²) in [6.45, 7) is 1.17. The van der Waals surface area contributed by atoms with Gasteiger partial charge in [0.25, 0.3) is 5.91 Å². The lowest BCUT2D eigenvalue weighted by molar-refractivity contribution is -0.138. The van der Waals surface area contributed by atoms with Crippen LogP contribution in [0.2, 0.25) is 0 Å². The van der Waals surface area contributed by atoms with Crippen LogP contribution in [-0.4, -0.2) is 40.6 Å². The van der Waals surface area contributed by atoms with Crippen LogP contribution in [0.1, 0.15) is 11.8 Å². The Labute approximate surface area is 165 Å². The molecule has 1 fully saturated rings. The second-order valence-electron chi connectivity index (χ2n) is 6.76. The number of benzene rings is 2. The van der Waals surface area contributed by atoms with E-state index in [1.807, 2.05) is 59.3 Å². The van der Waals surface area contributed by atoms with Crippen molar-refractivity contribution in [1.82, 2.24) is 15.0 Å². The summed E-state index contributed by atoms with van der Waals surface area (Å²) in [5.41, 5.74) is 0.955. The molecule has 7 heteroatoms. The molecule has 0 aliphatic carbocycles. The van der Waals surface area contributed by atoms with Gasteiger partial charge in [-0.15, -0.1) is 0 Å². The van der Waals surface area contributed by atoms with Crippen molar-refractivity contribution in [2.45, 2.75) is 5.92 Å². The number of thiophene rings is 1. The fraction of sp³-hybridized carbons (Fsp3) is 0.190. The first-order valence-electron chi connectivity index (χ1n) is 9.02. The third kappa shape index (κ3) is 3.25. The Bertz CT molecular complexity index is 1120. The molecular weight excluding hydrogens is 374 g/mol. The largest absolute Gasteiger partial charge is 0.484 e. The van der Waals surface area contributed by atoms with E-state index in [1.54, 1.807) is 16.2 Å². The van der Waals surface area contributed by atoms with Crippen LogP contribution >= 0.6 is 11.3 Å². The van der Waals surface area contributed by atoms with E-state index in [4.69, 9.17) is 9.26 Å². The monoisotopic (exact) mass is 391 g/mol. The lowest BCUT2D eigenvalue weighted by atomic mass is 10.0. The molecule has 1 aliphatic rings. The highest BCUT2D eigenvalue weighted by atomic mass is 32.1. The van der Waals surface area contributed by atoms with Crippen molar-refractivity contribution >= 4 is 28.0 Å². The van der Waals surface area contributed by atoms with Gasteiger partial charge in [0.15, 0.2) is 6.61 Å². The maximum absolute atomic E-state index is 12.4. The summed E-state index contributed by atoms with van der Waals surface area (Å²) in [5, 5.41) is 10.2. The zero-order chi connectivity index (χ0) is 18.9. The molecule has 28 heavy (non-hydrogen) atoms. The third-order valence-corrected chi connectivity index (χ3v) is 5.57. The smallest absolute Gasteiger partial charge is 0.260 e. The molecular formula is C21H17N3O3S. The van der Waals surface area contributed by atoms with Gasteiger partial charge in [-0.05, 0) is 34.4 Å². The minimum Gasteiger partial charge on any atom is -0.484 e. The van der Waals surface area contributed by atoms with Gasteiger partial charge in [0, 0.05) is 24.0 Å². The molecule has 6 nitrogen and oxygen atoms in total. The summed E-state index contributed by atoms with van der Waals surface area (Å²) in [5.74, 6) is 1.93. The van der Waals surface area contributed by atoms with E-state index in [0.29, 0.717) is 30.6 Å². The van der Waals surface area contributed by atoms with Crippen molar-refractivity contribution in [2.75, 3.05) is 19.7 Å². The topological polar surface area (TPSA) is 68.5 Å². The zero-order valence-corrected chi connectivity index (χ0v) is 15.8. The summed E-state index contributed by atoms with van der Waals surface area (Å²) in [6, 6.07) is 15.9. The van der Waals surface area contributed by atoms with Gasteiger partial charge in [0.05, 0.1) is 5.92 Å². The van der Waals surface area contributed by atoms with E-state index in [1.165, 1.54) is 0 Å². The highest BCUT2D eigenvalue weighted by molar-refractivity contribution is 7.08. The van der Waals surface area contributed by atoms with Crippen molar-refractivity contribution in [3.63, 3.8) is 0 Å². The van der Waals surface area contributed by atoms with E-state index in [2.05, 4.69) is 10.1 Å². The summed E-state index contributed by atoms with van der Waals surface area (Å²) >= 11 is 1.59. The van der Waals surface area contributed by atoms with Crippen LogP contribution in [0, 0.1) is 0 Å². The predicted octanol–water partition coefficient (Wildman–Crippen LogP) is 3.96. The van der Waals surface area contributed by atoms with Crippen LogP contribution in [0.4, 0.5) is 0 Å². The summed E-state index contributed by atoms with van der Waals surface area (Å²) in [6.07, 6.45) is 0. The number of carbonyl (C=O) groups is 1. The Kier molecular flexibility index (Phi) is 4.29. The van der Waals surface area contributed by atoms with Gasteiger partial charge in [0.2, 0.25) is 11.7 Å². The molecule has 1 amide bonds. The first kappa shape index (κ1) is 16.9. The first-order valence-corrected chi connectivity index (χ1v) is 9.96. The number of aromatic nitrogens is 2. The van der Waals surface area contributed by atoms with Crippen LogP contribution in [-0.2, 0) is 4.79 Å². The predicted molar refractivity (Wildman–Crippen MR) is 106 cm³/mol. The molecule has 0 atom stereocenters. The van der Waals surface area contributed by atoms with Gasteiger partial charge in [-0.25, -0.2) is 0 Å². The van der Waals surface area contributed by atoms with Gasteiger partial charge >= 0.3 is 0 Å². The molecule has 2 aromatic carbocycles. The molecule has 0 spiro atoms. The number of hydrogen-bond donors (Lipinski definition) is 0. The molecule has 4 aromatic rings. The number of likely N-dealkylation sites (tertiary alicyclic amines) is 1. The SMILES string of the molecule is O=C(COc1ccc2ccccc2c1)N1CC(c2nc(-c3ccsc3)no2)C1. The Hall–Kier alpha value is -3.19. The quantitative estimate of drug-likeness (QED) is 0.515. The lowest BCUT2D eigenvalue weighted by Crippen LogP contribution is -2.50. The van der Waals surface area contributed by atoms with E-state index >= 15 is 0 Å². The molecule has 5 rings (SSSR count). The number of fused-ring (bicyclic) bond motifs is 1. The Morgan fingerprint density at radius 1 is 1.18 bits per heavy atom. The molecule has 140 valence electrons. The molecule has 0 radical (unpaired) electrons. The number of nitrogens with zero attached hydrogens (tertiary/aromatic N) is 3. The van der Waals surface area contributed by atoms with Crippen molar-refractivity contribution in [3.8, 4) is 17.1 Å². The molecule has 3 heterocycles. The highest BCUT2D eigenvalue weighted by Crippen LogP contribution is 2.28. The number of ether oxygens (including phenoxy) is 1. The molecule has 0 bridgehead atoms. The van der Waals surface area contributed by atoms with E-state index in [-0.39, 0.29) is 18.4 Å². The van der Waals surface area contributed by atoms with Crippen molar-refractivity contribution in [1.29, 1.82) is 0 Å². The standard InChI is InChI=1S/C21H17N3O3S/c25-19(12-26-18-6-5-14-3-1-2-4-15(14)9-18)24-10-17(11-24)21-22-20(23-27-21)16-7-8-28-13-16/h1-9,13,17H,10-12H2. The van der Waals surface area contributed by atoms with E-state index in [0.717, 1.165) is 16.3 Å². The average Bonchev–Trinajstić information content (AvgIpc) is 3.37. The maximum Gasteiger partial charge on any atom is 0.260 e. The van der Waals surface area contributed by atoms with Crippen LogP contribution in [0.3, 0.4) is 0 Å². The van der Waals surface area contributed by atoms with Crippen LogP contribution < -0.4 is 4.74 Å². The highest BCUT2D eigenvalue weighted by Gasteiger charge is 2.35. The number of amides is 1. The second kappa shape index (κ2) is 7.09. The summed E-state index contributed by atoms with van der Waals surface area (Å²) < 4.78 is 11.1. The summed E-state index contributed by atoms with van der Waals surface area (Å²) in [4.78, 5) is 18.6. The number of rotatable bonds is 5. The van der Waals surface area contributed by atoms with E-state index in [9.17, 15) is 4.79 Å². The normalized spacial score (nSPS) is 14.2. The Morgan fingerprint density at radius 2 is 2.04 bits per heavy atom. The van der Waals surface area contributed by atoms with Crippen LogP contribution in [0.25, 0.3) is 22.2 Å². The molecule has 0 saturated carbocycles. The lowest BCUT2D eigenvalue weighted by Gasteiger charge is -2.36. The average molecular weight is 391 g/mol. The Morgan fingerprint density at radius 3 is 2.86 bits per heavy atom. The number of hydrogen-bond acceptors (Lipinski definition) is 6. The minimum absolute atomic E-state index is 0.0229. The number of carbonyl (C=O) groups excluding carboxylic acids is 1. The molecule has 2 aromatic heterocycles. The van der Waals surface area contributed by atoms with Gasteiger partial charge in [-0.3, -0.25) is 4.79 Å². The van der Waals surface area contributed by atoms with Crippen molar-refractivity contribution < 1.29 is 14.1 Å². The van der Waals surface area contributed by atoms with Crippen LogP contribution in [0.5, 0.6) is 5.75 Å². The molecule has 0 unspecified atom stereocenters. The van der Waals surface area contributed by atoms with Crippen molar-refractivity contribution in [2.24, 2.45) is 0 Å².